The predicted molar refractivity (Wildman–Crippen MR) is 93.3 cm³/mol. The average molecular weight is 347 g/mol. The first-order chi connectivity index (χ1) is 11.4. The van der Waals surface area contributed by atoms with Crippen molar-refractivity contribution in [1.82, 2.24) is 15.6 Å². The van der Waals surface area contributed by atoms with E-state index in [1.807, 2.05) is 30.3 Å². The molecular weight excluding hydrogens is 326 g/mol. The lowest BCUT2D eigenvalue weighted by Crippen LogP contribution is -2.57. The molecule has 0 radical (unpaired) electrons. The van der Waals surface area contributed by atoms with Crippen LogP contribution in [0.2, 0.25) is 0 Å². The number of hydrogen-bond acceptors (Lipinski definition) is 5. The van der Waals surface area contributed by atoms with Crippen molar-refractivity contribution >= 4 is 26.6 Å². The normalized spacial score (nSPS) is 17.5. The number of nitrogens with one attached hydrogen (secondary N) is 2. The van der Waals surface area contributed by atoms with Crippen molar-refractivity contribution in [2.45, 2.75) is 24.1 Å². The van der Waals surface area contributed by atoms with Gasteiger partial charge in [0.1, 0.15) is 0 Å². The number of para-hydroxylation sites is 1. The van der Waals surface area contributed by atoms with Crippen LogP contribution in [-0.2, 0) is 21.2 Å². The number of carbonyl (C=O) groups excluding carboxylic acids is 1. The second-order valence-electron chi connectivity index (χ2n) is 6.24. The SMILES string of the molecule is CS(=O)(=O)C1(C(=O)NCc2cnc3ccccc3c2)CCNCC1. The zero-order valence-corrected chi connectivity index (χ0v) is 14.4. The Labute approximate surface area is 141 Å². The molecule has 1 aromatic carbocycles. The van der Waals surface area contributed by atoms with Crippen LogP contribution in [0.4, 0.5) is 0 Å². The van der Waals surface area contributed by atoms with Gasteiger partial charge in [-0.1, -0.05) is 18.2 Å². The van der Waals surface area contributed by atoms with E-state index in [0.717, 1.165) is 22.7 Å². The second-order valence-corrected chi connectivity index (χ2v) is 8.56. The van der Waals surface area contributed by atoms with E-state index in [0.29, 0.717) is 25.9 Å². The first-order valence-electron chi connectivity index (χ1n) is 7.95. The van der Waals surface area contributed by atoms with Crippen molar-refractivity contribution in [3.63, 3.8) is 0 Å². The van der Waals surface area contributed by atoms with Gasteiger partial charge in [-0.2, -0.15) is 0 Å². The Morgan fingerprint density at radius 1 is 1.29 bits per heavy atom. The Hall–Kier alpha value is -1.99. The van der Waals surface area contributed by atoms with E-state index in [1.54, 1.807) is 6.20 Å². The molecule has 2 aromatic rings. The molecule has 7 heteroatoms. The first-order valence-corrected chi connectivity index (χ1v) is 9.84. The van der Waals surface area contributed by atoms with Crippen molar-refractivity contribution in [3.8, 4) is 0 Å². The van der Waals surface area contributed by atoms with Gasteiger partial charge in [0.25, 0.3) is 0 Å². The number of nitrogens with zero attached hydrogens (tertiary/aromatic N) is 1. The van der Waals surface area contributed by atoms with Crippen LogP contribution in [0.15, 0.2) is 36.5 Å². The maximum Gasteiger partial charge on any atom is 0.241 e. The summed E-state index contributed by atoms with van der Waals surface area (Å²) in [6.45, 7) is 1.32. The molecule has 0 spiro atoms. The molecule has 1 saturated heterocycles. The van der Waals surface area contributed by atoms with E-state index in [-0.39, 0.29) is 6.54 Å². The first kappa shape index (κ1) is 16.9. The summed E-state index contributed by atoms with van der Waals surface area (Å²) in [5.41, 5.74) is 1.73. The van der Waals surface area contributed by atoms with Crippen LogP contribution in [0.3, 0.4) is 0 Å². The summed E-state index contributed by atoms with van der Waals surface area (Å²) in [6, 6.07) is 9.69. The quantitative estimate of drug-likeness (QED) is 0.862. The fraction of sp³-hybridized carbons (Fsp3) is 0.412. The molecule has 1 aliphatic rings. The summed E-state index contributed by atoms with van der Waals surface area (Å²) in [4.78, 5) is 17.0. The lowest BCUT2D eigenvalue weighted by molar-refractivity contribution is -0.124. The van der Waals surface area contributed by atoms with Gasteiger partial charge in [0.2, 0.25) is 5.91 Å². The highest BCUT2D eigenvalue weighted by atomic mass is 32.2. The van der Waals surface area contributed by atoms with Gasteiger partial charge >= 0.3 is 0 Å². The molecule has 3 rings (SSSR count). The molecule has 0 atom stereocenters. The number of amides is 1. The molecule has 0 saturated carbocycles. The zero-order chi connectivity index (χ0) is 17.2. The van der Waals surface area contributed by atoms with Crippen LogP contribution in [0, 0.1) is 0 Å². The summed E-state index contributed by atoms with van der Waals surface area (Å²) in [6.07, 6.45) is 3.45. The predicted octanol–water partition coefficient (Wildman–Crippen LogP) is 1.02. The van der Waals surface area contributed by atoms with Crippen LogP contribution in [0.25, 0.3) is 10.9 Å². The van der Waals surface area contributed by atoms with Crippen molar-refractivity contribution in [1.29, 1.82) is 0 Å². The van der Waals surface area contributed by atoms with Crippen molar-refractivity contribution < 1.29 is 13.2 Å². The van der Waals surface area contributed by atoms with E-state index in [2.05, 4.69) is 15.6 Å². The molecule has 0 bridgehead atoms. The van der Waals surface area contributed by atoms with Crippen molar-refractivity contribution in [2.24, 2.45) is 0 Å². The molecule has 0 aliphatic carbocycles. The van der Waals surface area contributed by atoms with Crippen molar-refractivity contribution in [2.75, 3.05) is 19.3 Å². The minimum Gasteiger partial charge on any atom is -0.351 e. The number of carbonyl (C=O) groups is 1. The Bertz CT molecular complexity index is 858. The van der Waals surface area contributed by atoms with Crippen LogP contribution < -0.4 is 10.6 Å². The van der Waals surface area contributed by atoms with E-state index in [9.17, 15) is 13.2 Å². The molecule has 1 amide bonds. The van der Waals surface area contributed by atoms with Gasteiger partial charge in [-0.05, 0) is 43.6 Å². The lowest BCUT2D eigenvalue weighted by atomic mass is 9.95. The van der Waals surface area contributed by atoms with E-state index < -0.39 is 20.5 Å². The maximum atomic E-state index is 12.7. The summed E-state index contributed by atoms with van der Waals surface area (Å²) in [7, 11) is -3.49. The number of rotatable bonds is 4. The van der Waals surface area contributed by atoms with Gasteiger partial charge in [0, 0.05) is 24.4 Å². The minimum atomic E-state index is -3.49. The average Bonchev–Trinajstić information content (AvgIpc) is 2.59. The topological polar surface area (TPSA) is 88.2 Å². The zero-order valence-electron chi connectivity index (χ0n) is 13.6. The van der Waals surface area contributed by atoms with E-state index in [1.165, 1.54) is 0 Å². The third-order valence-corrected chi connectivity index (χ3v) is 6.65. The highest BCUT2D eigenvalue weighted by Gasteiger charge is 2.48. The van der Waals surface area contributed by atoms with Gasteiger partial charge in [-0.25, -0.2) is 8.42 Å². The summed E-state index contributed by atoms with van der Waals surface area (Å²) in [5.74, 6) is -0.417. The van der Waals surface area contributed by atoms with Crippen LogP contribution >= 0.6 is 0 Å². The fourth-order valence-corrected chi connectivity index (χ4v) is 4.51. The molecule has 0 unspecified atom stereocenters. The minimum absolute atomic E-state index is 0.265. The molecule has 2 heterocycles. The van der Waals surface area contributed by atoms with Gasteiger partial charge in [0.15, 0.2) is 14.6 Å². The second kappa shape index (κ2) is 6.49. The molecule has 1 aromatic heterocycles. The Morgan fingerprint density at radius 3 is 2.71 bits per heavy atom. The summed E-state index contributed by atoms with van der Waals surface area (Å²) >= 11 is 0. The smallest absolute Gasteiger partial charge is 0.241 e. The standard InChI is InChI=1S/C17H21N3O3S/c1-24(22,23)17(6-8-18-9-7-17)16(21)20-12-13-10-14-4-2-3-5-15(14)19-11-13/h2-5,10-11,18H,6-9,12H2,1H3,(H,20,21). The van der Waals surface area contributed by atoms with Crippen LogP contribution in [0.5, 0.6) is 0 Å². The maximum absolute atomic E-state index is 12.7. The Balaban J connectivity index is 1.77. The molecule has 128 valence electrons. The van der Waals surface area contributed by atoms with Gasteiger partial charge in [-0.3, -0.25) is 9.78 Å². The number of hydrogen-bond donors (Lipinski definition) is 2. The number of piperidine rings is 1. The molecule has 6 nitrogen and oxygen atoms in total. The van der Waals surface area contributed by atoms with E-state index >= 15 is 0 Å². The number of sulfone groups is 1. The van der Waals surface area contributed by atoms with Gasteiger partial charge in [-0.15, -0.1) is 0 Å². The number of benzene rings is 1. The van der Waals surface area contributed by atoms with Gasteiger partial charge < -0.3 is 10.6 Å². The highest BCUT2D eigenvalue weighted by Crippen LogP contribution is 2.28. The molecule has 1 fully saturated rings. The molecule has 24 heavy (non-hydrogen) atoms. The van der Waals surface area contributed by atoms with E-state index in [4.69, 9.17) is 0 Å². The summed E-state index contributed by atoms with van der Waals surface area (Å²) in [5, 5.41) is 6.89. The number of fused-ring (bicyclic) bond motifs is 1. The molecule has 1 aliphatic heterocycles. The Kier molecular flexibility index (Phi) is 4.56. The third kappa shape index (κ3) is 3.14. The van der Waals surface area contributed by atoms with Crippen LogP contribution in [-0.4, -0.2) is 43.4 Å². The largest absolute Gasteiger partial charge is 0.351 e. The van der Waals surface area contributed by atoms with Crippen molar-refractivity contribution in [3.05, 3.63) is 42.1 Å². The monoisotopic (exact) mass is 347 g/mol. The summed E-state index contributed by atoms with van der Waals surface area (Å²) < 4.78 is 23.1. The lowest BCUT2D eigenvalue weighted by Gasteiger charge is -2.34. The van der Waals surface area contributed by atoms with Crippen LogP contribution in [0.1, 0.15) is 18.4 Å². The fourth-order valence-electron chi connectivity index (χ4n) is 3.15. The number of aromatic nitrogens is 1. The number of pyridine rings is 1. The third-order valence-electron chi connectivity index (χ3n) is 4.63. The molecular formula is C17H21N3O3S. The van der Waals surface area contributed by atoms with Gasteiger partial charge in [0.05, 0.1) is 5.52 Å². The highest BCUT2D eigenvalue weighted by molar-refractivity contribution is 7.92. The Morgan fingerprint density at radius 2 is 2.00 bits per heavy atom. The molecule has 2 N–H and O–H groups in total.